The van der Waals surface area contributed by atoms with E-state index in [9.17, 15) is 4.79 Å². The van der Waals surface area contributed by atoms with Crippen LogP contribution in [0.1, 0.15) is 16.7 Å². The van der Waals surface area contributed by atoms with Crippen molar-refractivity contribution < 1.29 is 9.53 Å². The van der Waals surface area contributed by atoms with E-state index in [1.54, 1.807) is 6.21 Å². The van der Waals surface area contributed by atoms with Crippen molar-refractivity contribution >= 4 is 51.2 Å². The van der Waals surface area contributed by atoms with Crippen molar-refractivity contribution in [2.45, 2.75) is 17.9 Å². The maximum Gasteiger partial charge on any atom is 0.250 e. The summed E-state index contributed by atoms with van der Waals surface area (Å²) >= 11 is 6.40. The fourth-order valence-electron chi connectivity index (χ4n) is 3.08. The van der Waals surface area contributed by atoms with Crippen LogP contribution in [-0.4, -0.2) is 22.9 Å². The number of hydrogen-bond donors (Lipinski definition) is 1. The van der Waals surface area contributed by atoms with E-state index in [2.05, 4.69) is 44.4 Å². The zero-order valence-corrected chi connectivity index (χ0v) is 21.6. The van der Waals surface area contributed by atoms with E-state index < -0.39 is 0 Å². The molecular formula is C26H22BrN3O2S2. The molecule has 1 N–H and O–H groups in total. The highest BCUT2D eigenvalue weighted by Crippen LogP contribution is 2.28. The molecule has 4 rings (SSSR count). The maximum atomic E-state index is 12.3. The van der Waals surface area contributed by atoms with E-state index in [1.807, 2.05) is 72.1 Å². The number of aromatic nitrogens is 1. The molecule has 172 valence electrons. The van der Waals surface area contributed by atoms with Crippen molar-refractivity contribution in [2.24, 2.45) is 5.10 Å². The van der Waals surface area contributed by atoms with Crippen LogP contribution in [0.15, 0.2) is 92.1 Å². The number of carbonyl (C=O) groups excluding carboxylic acids is 1. The summed E-state index contributed by atoms with van der Waals surface area (Å²) in [7, 11) is 0. The van der Waals surface area contributed by atoms with Crippen molar-refractivity contribution in [1.82, 2.24) is 10.4 Å². The lowest BCUT2D eigenvalue weighted by molar-refractivity contribution is -0.118. The fraction of sp³-hybridized carbons (Fsp3) is 0.115. The van der Waals surface area contributed by atoms with Crippen LogP contribution in [0.5, 0.6) is 5.75 Å². The Kier molecular flexibility index (Phi) is 8.51. The smallest absolute Gasteiger partial charge is 0.250 e. The lowest BCUT2D eigenvalue weighted by Gasteiger charge is -2.11. The largest absolute Gasteiger partial charge is 0.488 e. The first-order valence-electron chi connectivity index (χ1n) is 10.5. The van der Waals surface area contributed by atoms with Gasteiger partial charge in [-0.15, -0.1) is 11.3 Å². The monoisotopic (exact) mass is 551 g/mol. The summed E-state index contributed by atoms with van der Waals surface area (Å²) in [5.41, 5.74) is 7.63. The van der Waals surface area contributed by atoms with Crippen LogP contribution >= 0.6 is 39.0 Å². The van der Waals surface area contributed by atoms with Crippen molar-refractivity contribution in [3.63, 3.8) is 0 Å². The number of aryl methyl sites for hydroxylation is 1. The molecule has 1 aromatic heterocycles. The van der Waals surface area contributed by atoms with Crippen molar-refractivity contribution in [3.8, 4) is 17.0 Å². The lowest BCUT2D eigenvalue weighted by atomic mass is 10.1. The summed E-state index contributed by atoms with van der Waals surface area (Å²) in [5.74, 6) is 0.721. The summed E-state index contributed by atoms with van der Waals surface area (Å²) in [4.78, 5) is 16.9. The Bertz CT molecular complexity index is 1290. The van der Waals surface area contributed by atoms with E-state index >= 15 is 0 Å². The van der Waals surface area contributed by atoms with Gasteiger partial charge in [-0.3, -0.25) is 4.79 Å². The number of benzene rings is 3. The molecule has 3 aromatic carbocycles. The molecule has 0 aliphatic carbocycles. The molecule has 1 amide bonds. The molecule has 0 fully saturated rings. The number of rotatable bonds is 9. The maximum absolute atomic E-state index is 12.3. The molecule has 0 atom stereocenters. The Hall–Kier alpha value is -2.94. The quantitative estimate of drug-likeness (QED) is 0.143. The first-order chi connectivity index (χ1) is 16.6. The van der Waals surface area contributed by atoms with E-state index in [4.69, 9.17) is 4.74 Å². The summed E-state index contributed by atoms with van der Waals surface area (Å²) in [5, 5.41) is 6.12. The van der Waals surface area contributed by atoms with Crippen LogP contribution in [0.4, 0.5) is 0 Å². The number of nitrogens with one attached hydrogen (secondary N) is 1. The van der Waals surface area contributed by atoms with E-state index in [1.165, 1.54) is 28.7 Å². The van der Waals surface area contributed by atoms with Gasteiger partial charge in [0.2, 0.25) is 0 Å². The summed E-state index contributed by atoms with van der Waals surface area (Å²) in [6.45, 7) is 2.52. The first-order valence-corrected chi connectivity index (χ1v) is 13.2. The molecule has 0 aliphatic rings. The Balaban J connectivity index is 1.31. The second kappa shape index (κ2) is 12.0. The van der Waals surface area contributed by atoms with Crippen LogP contribution < -0.4 is 10.2 Å². The van der Waals surface area contributed by atoms with Gasteiger partial charge in [-0.05, 0) is 36.2 Å². The predicted octanol–water partition coefficient (Wildman–Crippen LogP) is 6.70. The molecule has 8 heteroatoms. The Morgan fingerprint density at radius 2 is 1.94 bits per heavy atom. The molecule has 1 heterocycles. The SMILES string of the molecule is Cc1ccccc1COc1ccc(Br)cc1/C=N/NC(=O)CSc1nc(-c2ccccc2)cs1. The summed E-state index contributed by atoms with van der Waals surface area (Å²) in [6, 6.07) is 23.8. The molecule has 4 aromatic rings. The number of nitrogens with zero attached hydrogens (tertiary/aromatic N) is 2. The third kappa shape index (κ3) is 6.79. The Morgan fingerprint density at radius 3 is 2.76 bits per heavy atom. The fourth-order valence-corrected chi connectivity index (χ4v) is 5.08. The number of hydrazone groups is 1. The number of thiazole rings is 1. The summed E-state index contributed by atoms with van der Waals surface area (Å²) in [6.07, 6.45) is 1.59. The van der Waals surface area contributed by atoms with Gasteiger partial charge in [0.05, 0.1) is 17.7 Å². The Morgan fingerprint density at radius 1 is 1.15 bits per heavy atom. The van der Waals surface area contributed by atoms with Gasteiger partial charge >= 0.3 is 0 Å². The van der Waals surface area contributed by atoms with Crippen molar-refractivity contribution in [2.75, 3.05) is 5.75 Å². The zero-order chi connectivity index (χ0) is 23.8. The third-order valence-corrected chi connectivity index (χ3v) is 7.40. The van der Waals surface area contributed by atoms with E-state index in [-0.39, 0.29) is 11.7 Å². The molecule has 34 heavy (non-hydrogen) atoms. The van der Waals surface area contributed by atoms with Gasteiger partial charge in [-0.25, -0.2) is 10.4 Å². The molecule has 0 unspecified atom stereocenters. The topological polar surface area (TPSA) is 63.6 Å². The number of amides is 1. The van der Waals surface area contributed by atoms with Crippen LogP contribution in [0.2, 0.25) is 0 Å². The predicted molar refractivity (Wildman–Crippen MR) is 144 cm³/mol. The van der Waals surface area contributed by atoms with Gasteiger partial charge in [0.15, 0.2) is 4.34 Å². The minimum absolute atomic E-state index is 0.199. The molecule has 0 saturated heterocycles. The van der Waals surface area contributed by atoms with E-state index in [0.29, 0.717) is 12.4 Å². The minimum atomic E-state index is -0.199. The second-order valence-electron chi connectivity index (χ2n) is 7.34. The van der Waals surface area contributed by atoms with Crippen molar-refractivity contribution in [1.29, 1.82) is 0 Å². The molecule has 0 bridgehead atoms. The average molecular weight is 553 g/mol. The average Bonchev–Trinajstić information content (AvgIpc) is 3.33. The molecule has 0 spiro atoms. The molecular weight excluding hydrogens is 530 g/mol. The highest BCUT2D eigenvalue weighted by Gasteiger charge is 2.08. The summed E-state index contributed by atoms with van der Waals surface area (Å²) < 4.78 is 7.77. The van der Waals surface area contributed by atoms with Crippen LogP contribution in [0.25, 0.3) is 11.3 Å². The third-order valence-electron chi connectivity index (χ3n) is 4.89. The lowest BCUT2D eigenvalue weighted by Crippen LogP contribution is -2.19. The van der Waals surface area contributed by atoms with Gasteiger partial charge < -0.3 is 4.74 Å². The van der Waals surface area contributed by atoms with Gasteiger partial charge in [-0.2, -0.15) is 5.10 Å². The van der Waals surface area contributed by atoms with E-state index in [0.717, 1.165) is 31.2 Å². The van der Waals surface area contributed by atoms with Gasteiger partial charge in [0, 0.05) is 21.0 Å². The number of halogens is 1. The standard InChI is InChI=1S/C26H22BrN3O2S2/c1-18-7-5-6-10-20(18)15-32-24-12-11-22(27)13-21(24)14-28-30-25(31)17-34-26-29-23(16-33-26)19-8-3-2-4-9-19/h2-14,16H,15,17H2,1H3,(H,30,31)/b28-14+. The normalized spacial score (nSPS) is 11.0. The number of thioether (sulfide) groups is 1. The molecule has 0 aliphatic heterocycles. The molecule has 0 radical (unpaired) electrons. The van der Waals surface area contributed by atoms with Gasteiger partial charge in [-0.1, -0.05) is 82.3 Å². The molecule has 5 nitrogen and oxygen atoms in total. The highest BCUT2D eigenvalue weighted by atomic mass is 79.9. The molecule has 0 saturated carbocycles. The van der Waals surface area contributed by atoms with Gasteiger partial charge in [0.1, 0.15) is 12.4 Å². The minimum Gasteiger partial charge on any atom is -0.488 e. The van der Waals surface area contributed by atoms with Crippen molar-refractivity contribution in [3.05, 3.63) is 99.3 Å². The van der Waals surface area contributed by atoms with Crippen LogP contribution in [0, 0.1) is 6.92 Å². The zero-order valence-electron chi connectivity index (χ0n) is 18.4. The van der Waals surface area contributed by atoms with Crippen LogP contribution in [0.3, 0.4) is 0 Å². The van der Waals surface area contributed by atoms with Crippen LogP contribution in [-0.2, 0) is 11.4 Å². The number of carbonyl (C=O) groups is 1. The highest BCUT2D eigenvalue weighted by molar-refractivity contribution is 9.10. The Labute approximate surface area is 215 Å². The number of ether oxygens (including phenoxy) is 1. The van der Waals surface area contributed by atoms with Gasteiger partial charge in [0.25, 0.3) is 5.91 Å². The number of hydrogen-bond acceptors (Lipinski definition) is 6. The second-order valence-corrected chi connectivity index (χ2v) is 10.3. The first kappa shape index (κ1) is 24.2.